The summed E-state index contributed by atoms with van der Waals surface area (Å²) in [5.74, 6) is 6.07. The van der Waals surface area contributed by atoms with E-state index >= 15 is 0 Å². The lowest BCUT2D eigenvalue weighted by Gasteiger charge is -2.07. The van der Waals surface area contributed by atoms with Crippen molar-refractivity contribution in [1.29, 1.82) is 0 Å². The van der Waals surface area contributed by atoms with E-state index in [-0.39, 0.29) is 0 Å². The Morgan fingerprint density at radius 2 is 2.06 bits per heavy atom. The van der Waals surface area contributed by atoms with Gasteiger partial charge in [0.2, 0.25) is 5.96 Å². The molecule has 0 radical (unpaired) electrons. The zero-order valence-electron chi connectivity index (χ0n) is 9.62. The molecule has 0 heterocycles. The molecule has 1 aromatic rings. The highest BCUT2D eigenvalue weighted by molar-refractivity contribution is 6.30. The van der Waals surface area contributed by atoms with Crippen LogP contribution in [0.3, 0.4) is 0 Å². The molecule has 4 N–H and O–H groups in total. The first-order valence-electron chi connectivity index (χ1n) is 5.80. The van der Waals surface area contributed by atoms with E-state index < -0.39 is 0 Å². The highest BCUT2D eigenvalue weighted by atomic mass is 35.5. The first-order valence-corrected chi connectivity index (χ1v) is 6.18. The molecule has 0 unspecified atom stereocenters. The normalized spacial score (nSPS) is 15.8. The van der Waals surface area contributed by atoms with Gasteiger partial charge in [-0.15, -0.1) is 0 Å². The van der Waals surface area contributed by atoms with Crippen molar-refractivity contribution in [1.82, 2.24) is 10.7 Å². The molecule has 0 spiro atoms. The number of hydrogen-bond acceptors (Lipinski definition) is 2. The summed E-state index contributed by atoms with van der Waals surface area (Å²) < 4.78 is 0. The Morgan fingerprint density at radius 1 is 1.35 bits per heavy atom. The molecule has 1 saturated carbocycles. The number of guanidine groups is 1. The third-order valence-corrected chi connectivity index (χ3v) is 2.89. The molecule has 0 bridgehead atoms. The van der Waals surface area contributed by atoms with Gasteiger partial charge in [-0.25, -0.2) is 5.84 Å². The van der Waals surface area contributed by atoms with Crippen molar-refractivity contribution in [3.8, 4) is 0 Å². The maximum atomic E-state index is 5.82. The van der Waals surface area contributed by atoms with E-state index in [4.69, 9.17) is 17.4 Å². The summed E-state index contributed by atoms with van der Waals surface area (Å²) in [5.41, 5.74) is 3.81. The molecule has 0 atom stereocenters. The van der Waals surface area contributed by atoms with Gasteiger partial charge in [0.05, 0.1) is 0 Å². The van der Waals surface area contributed by atoms with Gasteiger partial charge in [-0.1, -0.05) is 23.7 Å². The number of nitrogens with two attached hydrogens (primary N) is 1. The Kier molecular flexibility index (Phi) is 4.23. The highest BCUT2D eigenvalue weighted by Crippen LogP contribution is 2.18. The minimum atomic E-state index is 0.556. The topological polar surface area (TPSA) is 62.4 Å². The molecular formula is C12H17ClN4. The van der Waals surface area contributed by atoms with Crippen LogP contribution in [0.4, 0.5) is 0 Å². The molecule has 5 heteroatoms. The van der Waals surface area contributed by atoms with Crippen LogP contribution in [0.5, 0.6) is 0 Å². The lowest BCUT2D eigenvalue weighted by atomic mass is 10.1. The summed E-state index contributed by atoms with van der Waals surface area (Å²) in [7, 11) is 0. The zero-order valence-corrected chi connectivity index (χ0v) is 10.4. The Bertz CT molecular complexity index is 384. The predicted molar refractivity (Wildman–Crippen MR) is 70.9 cm³/mol. The van der Waals surface area contributed by atoms with Gasteiger partial charge in [-0.05, 0) is 37.0 Å². The Balaban J connectivity index is 1.79. The molecule has 0 amide bonds. The van der Waals surface area contributed by atoms with Gasteiger partial charge in [0.1, 0.15) is 0 Å². The number of nitrogens with one attached hydrogen (secondary N) is 2. The lowest BCUT2D eigenvalue weighted by Crippen LogP contribution is -2.42. The maximum absolute atomic E-state index is 5.82. The SMILES string of the molecule is NNC(=NCCc1ccc(Cl)cc1)NC1CC1. The first-order chi connectivity index (χ1) is 8.28. The summed E-state index contributed by atoms with van der Waals surface area (Å²) in [6, 6.07) is 8.38. The summed E-state index contributed by atoms with van der Waals surface area (Å²) in [4.78, 5) is 4.38. The second kappa shape index (κ2) is 5.89. The monoisotopic (exact) mass is 252 g/mol. The third-order valence-electron chi connectivity index (χ3n) is 2.64. The molecule has 1 aromatic carbocycles. The van der Waals surface area contributed by atoms with E-state index in [1.54, 1.807) is 0 Å². The quantitative estimate of drug-likeness (QED) is 0.329. The van der Waals surface area contributed by atoms with Crippen LogP contribution < -0.4 is 16.6 Å². The maximum Gasteiger partial charge on any atom is 0.205 e. The van der Waals surface area contributed by atoms with Gasteiger partial charge in [-0.3, -0.25) is 10.4 Å². The fourth-order valence-electron chi connectivity index (χ4n) is 1.50. The van der Waals surface area contributed by atoms with Gasteiger partial charge in [0.25, 0.3) is 0 Å². The largest absolute Gasteiger partial charge is 0.353 e. The molecular weight excluding hydrogens is 236 g/mol. The molecule has 17 heavy (non-hydrogen) atoms. The smallest absolute Gasteiger partial charge is 0.205 e. The van der Waals surface area contributed by atoms with E-state index in [0.29, 0.717) is 18.5 Å². The van der Waals surface area contributed by atoms with E-state index in [9.17, 15) is 0 Å². The number of nitrogens with zero attached hydrogens (tertiary/aromatic N) is 1. The fourth-order valence-corrected chi connectivity index (χ4v) is 1.63. The summed E-state index contributed by atoms with van der Waals surface area (Å²) in [6.45, 7) is 0.709. The number of hydrogen-bond donors (Lipinski definition) is 3. The van der Waals surface area contributed by atoms with Gasteiger partial charge in [0.15, 0.2) is 0 Å². The van der Waals surface area contributed by atoms with Crippen molar-refractivity contribution in [2.45, 2.75) is 25.3 Å². The number of benzene rings is 1. The molecule has 0 aromatic heterocycles. The van der Waals surface area contributed by atoms with Crippen molar-refractivity contribution in [3.63, 3.8) is 0 Å². The molecule has 0 saturated heterocycles. The lowest BCUT2D eigenvalue weighted by molar-refractivity contribution is 0.816. The van der Waals surface area contributed by atoms with Crippen LogP contribution in [-0.2, 0) is 6.42 Å². The standard InChI is InChI=1S/C12H17ClN4/c13-10-3-1-9(2-4-10)7-8-15-12(17-14)16-11-5-6-11/h1-4,11H,5-8,14H2,(H2,15,16,17). The van der Waals surface area contributed by atoms with Crippen LogP contribution in [0.2, 0.25) is 5.02 Å². The van der Waals surface area contributed by atoms with Crippen LogP contribution in [0.15, 0.2) is 29.3 Å². The number of halogens is 1. The van der Waals surface area contributed by atoms with Crippen molar-refractivity contribution >= 4 is 17.6 Å². The highest BCUT2D eigenvalue weighted by Gasteiger charge is 2.21. The van der Waals surface area contributed by atoms with Crippen LogP contribution in [0, 0.1) is 0 Å². The van der Waals surface area contributed by atoms with Crippen molar-refractivity contribution in [3.05, 3.63) is 34.9 Å². The van der Waals surface area contributed by atoms with Crippen molar-refractivity contribution in [2.75, 3.05) is 6.54 Å². The van der Waals surface area contributed by atoms with E-state index in [0.717, 1.165) is 11.4 Å². The van der Waals surface area contributed by atoms with E-state index in [1.807, 2.05) is 24.3 Å². The predicted octanol–water partition coefficient (Wildman–Crippen LogP) is 1.45. The Labute approximate surface area is 106 Å². The van der Waals surface area contributed by atoms with Crippen LogP contribution in [0.1, 0.15) is 18.4 Å². The van der Waals surface area contributed by atoms with E-state index in [2.05, 4.69) is 15.7 Å². The van der Waals surface area contributed by atoms with Crippen molar-refractivity contribution < 1.29 is 0 Å². The second-order valence-electron chi connectivity index (χ2n) is 4.17. The molecule has 2 rings (SSSR count). The molecule has 4 nitrogen and oxygen atoms in total. The summed E-state index contributed by atoms with van der Waals surface area (Å²) >= 11 is 5.82. The van der Waals surface area contributed by atoms with Gasteiger partial charge in [0, 0.05) is 17.6 Å². The van der Waals surface area contributed by atoms with Gasteiger partial charge >= 0.3 is 0 Å². The van der Waals surface area contributed by atoms with Gasteiger partial charge < -0.3 is 5.32 Å². The minimum absolute atomic E-state index is 0.556. The third kappa shape index (κ3) is 4.24. The zero-order chi connectivity index (χ0) is 12.1. The van der Waals surface area contributed by atoms with Crippen LogP contribution >= 0.6 is 11.6 Å². The Morgan fingerprint density at radius 3 is 2.65 bits per heavy atom. The van der Waals surface area contributed by atoms with Crippen LogP contribution in [0.25, 0.3) is 0 Å². The summed E-state index contributed by atoms with van der Waals surface area (Å²) in [5, 5.41) is 3.99. The minimum Gasteiger partial charge on any atom is -0.353 e. The number of rotatable bonds is 4. The van der Waals surface area contributed by atoms with Gasteiger partial charge in [-0.2, -0.15) is 0 Å². The van der Waals surface area contributed by atoms with Crippen molar-refractivity contribution in [2.24, 2.45) is 10.8 Å². The Hall–Kier alpha value is -1.26. The molecule has 92 valence electrons. The molecule has 0 aliphatic heterocycles. The number of aliphatic imine (C=N–C) groups is 1. The molecule has 1 aliphatic carbocycles. The second-order valence-corrected chi connectivity index (χ2v) is 4.61. The first kappa shape index (κ1) is 12.2. The molecule has 1 fully saturated rings. The molecule has 1 aliphatic rings. The summed E-state index contributed by atoms with van der Waals surface area (Å²) in [6.07, 6.45) is 3.30. The average molecular weight is 253 g/mol. The fraction of sp³-hybridized carbons (Fsp3) is 0.417. The number of hydrazine groups is 1. The van der Waals surface area contributed by atoms with Crippen LogP contribution in [-0.4, -0.2) is 18.5 Å². The average Bonchev–Trinajstić information content (AvgIpc) is 3.14. The van der Waals surface area contributed by atoms with E-state index in [1.165, 1.54) is 18.4 Å².